The molecular formula is C16H18O2. The van der Waals surface area contributed by atoms with Crippen molar-refractivity contribution in [1.29, 1.82) is 0 Å². The zero-order valence-corrected chi connectivity index (χ0v) is 11.0. The monoisotopic (exact) mass is 242 g/mol. The number of hydrogen-bond acceptors (Lipinski definition) is 1. The molecule has 1 aliphatic carbocycles. The maximum atomic E-state index is 11.5. The molecule has 2 unspecified atom stereocenters. The Labute approximate surface area is 108 Å². The summed E-state index contributed by atoms with van der Waals surface area (Å²) in [7, 11) is 0. The van der Waals surface area contributed by atoms with Gasteiger partial charge in [0.05, 0.1) is 5.41 Å². The molecule has 2 heteroatoms. The Kier molecular flexibility index (Phi) is 3.12. The van der Waals surface area contributed by atoms with Gasteiger partial charge in [-0.2, -0.15) is 0 Å². The second-order valence-corrected chi connectivity index (χ2v) is 5.16. The van der Waals surface area contributed by atoms with Crippen LogP contribution in [0.5, 0.6) is 0 Å². The van der Waals surface area contributed by atoms with Gasteiger partial charge in [-0.1, -0.05) is 55.0 Å². The van der Waals surface area contributed by atoms with E-state index in [0.29, 0.717) is 0 Å². The molecule has 94 valence electrons. The first-order valence-corrected chi connectivity index (χ1v) is 6.15. The van der Waals surface area contributed by atoms with E-state index in [1.54, 1.807) is 6.92 Å². The lowest BCUT2D eigenvalue weighted by Crippen LogP contribution is -2.35. The topological polar surface area (TPSA) is 37.3 Å². The van der Waals surface area contributed by atoms with Crippen LogP contribution in [0, 0.1) is 11.3 Å². The summed E-state index contributed by atoms with van der Waals surface area (Å²) in [6.45, 7) is 5.73. The lowest BCUT2D eigenvalue weighted by atomic mass is 9.68. The van der Waals surface area contributed by atoms with Crippen molar-refractivity contribution in [2.45, 2.75) is 20.8 Å². The number of hydrogen-bond donors (Lipinski definition) is 1. The number of rotatable bonds is 2. The Morgan fingerprint density at radius 1 is 1.28 bits per heavy atom. The molecule has 1 N–H and O–H groups in total. The van der Waals surface area contributed by atoms with Gasteiger partial charge in [0, 0.05) is 5.92 Å². The SMILES string of the molecule is CC1=CC(C)(C(=O)O)C(C)C(c2ccccc2)=C1. The summed E-state index contributed by atoms with van der Waals surface area (Å²) in [5, 5.41) is 9.48. The molecule has 0 heterocycles. The number of allylic oxidation sites excluding steroid dienone is 3. The van der Waals surface area contributed by atoms with Crippen LogP contribution in [0.3, 0.4) is 0 Å². The second-order valence-electron chi connectivity index (χ2n) is 5.16. The maximum absolute atomic E-state index is 11.5. The van der Waals surface area contributed by atoms with Crippen LogP contribution in [0.4, 0.5) is 0 Å². The Hall–Kier alpha value is -1.83. The minimum Gasteiger partial charge on any atom is -0.481 e. The average molecular weight is 242 g/mol. The van der Waals surface area contributed by atoms with Crippen molar-refractivity contribution < 1.29 is 9.90 Å². The van der Waals surface area contributed by atoms with Crippen LogP contribution in [-0.2, 0) is 4.79 Å². The van der Waals surface area contributed by atoms with Crippen LogP contribution >= 0.6 is 0 Å². The normalized spacial score (nSPS) is 27.4. The fourth-order valence-corrected chi connectivity index (χ4v) is 2.54. The Morgan fingerprint density at radius 2 is 1.89 bits per heavy atom. The molecule has 2 rings (SSSR count). The van der Waals surface area contributed by atoms with Gasteiger partial charge in [0.15, 0.2) is 0 Å². The van der Waals surface area contributed by atoms with E-state index in [2.05, 4.69) is 6.08 Å². The van der Waals surface area contributed by atoms with E-state index >= 15 is 0 Å². The van der Waals surface area contributed by atoms with Crippen molar-refractivity contribution in [3.63, 3.8) is 0 Å². The minimum atomic E-state index is -0.829. The summed E-state index contributed by atoms with van der Waals surface area (Å²) in [5.41, 5.74) is 2.38. The van der Waals surface area contributed by atoms with Gasteiger partial charge in [-0.05, 0) is 25.0 Å². The van der Waals surface area contributed by atoms with E-state index in [4.69, 9.17) is 0 Å². The van der Waals surface area contributed by atoms with Crippen molar-refractivity contribution in [3.8, 4) is 0 Å². The van der Waals surface area contributed by atoms with Crippen LogP contribution in [0.25, 0.3) is 5.57 Å². The molecule has 18 heavy (non-hydrogen) atoms. The molecule has 1 aromatic rings. The molecule has 0 fully saturated rings. The van der Waals surface area contributed by atoms with Gasteiger partial charge in [0.2, 0.25) is 0 Å². The van der Waals surface area contributed by atoms with Crippen molar-refractivity contribution in [2.24, 2.45) is 11.3 Å². The van der Waals surface area contributed by atoms with Crippen LogP contribution in [0.15, 0.2) is 48.1 Å². The van der Waals surface area contributed by atoms with Crippen molar-refractivity contribution in [2.75, 3.05) is 0 Å². The number of carboxylic acid groups (broad SMARTS) is 1. The summed E-state index contributed by atoms with van der Waals surface area (Å²) in [6.07, 6.45) is 3.94. The molecule has 1 aliphatic rings. The largest absolute Gasteiger partial charge is 0.481 e. The second kappa shape index (κ2) is 4.45. The summed E-state index contributed by atoms with van der Waals surface area (Å²) >= 11 is 0. The first-order chi connectivity index (χ1) is 8.45. The zero-order chi connectivity index (χ0) is 13.3. The highest BCUT2D eigenvalue weighted by molar-refractivity contribution is 5.84. The molecule has 0 saturated heterocycles. The highest BCUT2D eigenvalue weighted by Gasteiger charge is 2.40. The summed E-state index contributed by atoms with van der Waals surface area (Å²) in [4.78, 5) is 11.5. The third kappa shape index (κ3) is 1.99. The molecule has 0 bridgehead atoms. The zero-order valence-electron chi connectivity index (χ0n) is 11.0. The molecule has 0 spiro atoms. The fraction of sp³-hybridized carbons (Fsp3) is 0.312. The van der Waals surface area contributed by atoms with E-state index in [1.807, 2.05) is 50.3 Å². The minimum absolute atomic E-state index is 0.0406. The van der Waals surface area contributed by atoms with Gasteiger partial charge in [-0.25, -0.2) is 0 Å². The fourth-order valence-electron chi connectivity index (χ4n) is 2.54. The third-order valence-corrected chi connectivity index (χ3v) is 3.84. The van der Waals surface area contributed by atoms with E-state index in [0.717, 1.165) is 16.7 Å². The van der Waals surface area contributed by atoms with E-state index in [-0.39, 0.29) is 5.92 Å². The van der Waals surface area contributed by atoms with E-state index in [1.165, 1.54) is 0 Å². The van der Waals surface area contributed by atoms with Gasteiger partial charge in [0.1, 0.15) is 0 Å². The van der Waals surface area contributed by atoms with Crippen LogP contribution < -0.4 is 0 Å². The number of aliphatic carboxylic acids is 1. The highest BCUT2D eigenvalue weighted by Crippen LogP contribution is 2.43. The van der Waals surface area contributed by atoms with Crippen molar-refractivity contribution in [1.82, 2.24) is 0 Å². The Balaban J connectivity index is 2.51. The van der Waals surface area contributed by atoms with Gasteiger partial charge < -0.3 is 5.11 Å². The maximum Gasteiger partial charge on any atom is 0.313 e. The molecule has 1 aromatic carbocycles. The van der Waals surface area contributed by atoms with E-state index in [9.17, 15) is 9.90 Å². The molecule has 0 aromatic heterocycles. The standard InChI is InChI=1S/C16H18O2/c1-11-9-14(13-7-5-4-6-8-13)12(2)16(3,10-11)15(17)18/h4-10,12H,1-3H3,(H,17,18). The predicted molar refractivity (Wildman–Crippen MR) is 73.1 cm³/mol. The first kappa shape index (κ1) is 12.6. The molecule has 0 amide bonds. The summed E-state index contributed by atoms with van der Waals surface area (Å²) in [5.74, 6) is -0.808. The van der Waals surface area contributed by atoms with Gasteiger partial charge in [-0.3, -0.25) is 4.79 Å². The smallest absolute Gasteiger partial charge is 0.313 e. The quantitative estimate of drug-likeness (QED) is 0.857. The molecule has 2 atom stereocenters. The number of carboxylic acids is 1. The van der Waals surface area contributed by atoms with Crippen molar-refractivity contribution in [3.05, 3.63) is 53.6 Å². The van der Waals surface area contributed by atoms with Crippen molar-refractivity contribution >= 4 is 11.5 Å². The van der Waals surface area contributed by atoms with Gasteiger partial charge >= 0.3 is 5.97 Å². The molecule has 0 saturated carbocycles. The number of carbonyl (C=O) groups is 1. The Morgan fingerprint density at radius 3 is 2.44 bits per heavy atom. The van der Waals surface area contributed by atoms with Gasteiger partial charge in [0.25, 0.3) is 0 Å². The number of benzene rings is 1. The van der Waals surface area contributed by atoms with E-state index < -0.39 is 11.4 Å². The lowest BCUT2D eigenvalue weighted by Gasteiger charge is -2.34. The highest BCUT2D eigenvalue weighted by atomic mass is 16.4. The van der Waals surface area contributed by atoms with Crippen LogP contribution in [-0.4, -0.2) is 11.1 Å². The molecule has 0 radical (unpaired) electrons. The first-order valence-electron chi connectivity index (χ1n) is 6.15. The summed E-state index contributed by atoms with van der Waals surface area (Å²) < 4.78 is 0. The van der Waals surface area contributed by atoms with Gasteiger partial charge in [-0.15, -0.1) is 0 Å². The summed E-state index contributed by atoms with van der Waals surface area (Å²) in [6, 6.07) is 9.99. The van der Waals surface area contributed by atoms with Crippen LogP contribution in [0.1, 0.15) is 26.3 Å². The molecule has 2 nitrogen and oxygen atoms in total. The molecule has 0 aliphatic heterocycles. The average Bonchev–Trinajstić information content (AvgIpc) is 2.34. The third-order valence-electron chi connectivity index (χ3n) is 3.84. The van der Waals surface area contributed by atoms with Crippen LogP contribution in [0.2, 0.25) is 0 Å². The molecular weight excluding hydrogens is 224 g/mol. The Bertz CT molecular complexity index is 525. The lowest BCUT2D eigenvalue weighted by molar-refractivity contribution is -0.146. The predicted octanol–water partition coefficient (Wildman–Crippen LogP) is 3.76.